The number of hydrogen-bond acceptors (Lipinski definition) is 6. The zero-order valence-corrected chi connectivity index (χ0v) is 11.1. The third-order valence-electron chi connectivity index (χ3n) is 2.55. The van der Waals surface area contributed by atoms with Gasteiger partial charge in [0, 0.05) is 35.9 Å². The molecular weight excluding hydrogens is 304 g/mol. The van der Waals surface area contributed by atoms with Crippen molar-refractivity contribution in [3.8, 4) is 0 Å². The Morgan fingerprint density at radius 3 is 3.22 bits per heavy atom. The second-order valence-corrected chi connectivity index (χ2v) is 4.80. The molecule has 1 aromatic rings. The normalized spacial score (nSPS) is 19.5. The van der Waals surface area contributed by atoms with E-state index in [0.717, 1.165) is 6.54 Å². The number of ether oxygens (including phenoxy) is 1. The molecule has 2 N–H and O–H groups in total. The topological polar surface area (TPSA) is 89.3 Å². The van der Waals surface area contributed by atoms with Gasteiger partial charge in [0.1, 0.15) is 0 Å². The van der Waals surface area contributed by atoms with E-state index in [2.05, 4.69) is 31.5 Å². The maximum Gasteiger partial charge on any atom is 0.312 e. The molecule has 2 heterocycles. The first-order chi connectivity index (χ1) is 8.66. The van der Waals surface area contributed by atoms with Crippen molar-refractivity contribution < 1.29 is 9.66 Å². The van der Waals surface area contributed by atoms with Crippen molar-refractivity contribution in [2.45, 2.75) is 6.04 Å². The van der Waals surface area contributed by atoms with Crippen LogP contribution in [0, 0.1) is 10.1 Å². The monoisotopic (exact) mass is 316 g/mol. The summed E-state index contributed by atoms with van der Waals surface area (Å²) < 4.78 is 5.89. The molecule has 0 spiro atoms. The number of anilines is 1. The minimum absolute atomic E-state index is 0.0406. The van der Waals surface area contributed by atoms with Crippen molar-refractivity contribution in [2.75, 3.05) is 31.6 Å². The summed E-state index contributed by atoms with van der Waals surface area (Å²) in [5.41, 5.74) is -0.0406. The maximum absolute atomic E-state index is 10.9. The first kappa shape index (κ1) is 13.2. The Labute approximate surface area is 112 Å². The zero-order chi connectivity index (χ0) is 13.0. The third-order valence-corrected chi connectivity index (χ3v) is 2.98. The predicted molar refractivity (Wildman–Crippen MR) is 69.7 cm³/mol. The molecule has 1 aliphatic heterocycles. The van der Waals surface area contributed by atoms with Gasteiger partial charge < -0.3 is 15.4 Å². The number of aromatic nitrogens is 1. The van der Waals surface area contributed by atoms with Gasteiger partial charge in [0.2, 0.25) is 5.82 Å². The number of morpholine rings is 1. The Bertz CT molecular complexity index is 437. The van der Waals surface area contributed by atoms with Crippen molar-refractivity contribution in [3.05, 3.63) is 26.9 Å². The predicted octanol–water partition coefficient (Wildman–Crippen LogP) is 1.15. The highest BCUT2D eigenvalue weighted by Gasteiger charge is 2.18. The molecule has 98 valence electrons. The molecule has 1 aliphatic rings. The summed E-state index contributed by atoms with van der Waals surface area (Å²) in [5.74, 6) is 0.274. The van der Waals surface area contributed by atoms with Crippen LogP contribution in [-0.2, 0) is 4.74 Å². The molecule has 18 heavy (non-hydrogen) atoms. The van der Waals surface area contributed by atoms with E-state index in [9.17, 15) is 10.1 Å². The molecule has 1 aromatic heterocycles. The summed E-state index contributed by atoms with van der Waals surface area (Å²) in [6, 6.07) is 1.57. The molecule has 7 nitrogen and oxygen atoms in total. The second kappa shape index (κ2) is 6.07. The highest BCUT2D eigenvalue weighted by Crippen LogP contribution is 2.25. The number of rotatable bonds is 4. The first-order valence-corrected chi connectivity index (χ1v) is 6.31. The van der Waals surface area contributed by atoms with Crippen molar-refractivity contribution >= 4 is 27.4 Å². The summed E-state index contributed by atoms with van der Waals surface area (Å²) in [6.45, 7) is 2.63. The summed E-state index contributed by atoms with van der Waals surface area (Å²) >= 11 is 3.17. The summed E-state index contributed by atoms with van der Waals surface area (Å²) in [7, 11) is 0. The van der Waals surface area contributed by atoms with Crippen molar-refractivity contribution in [2.24, 2.45) is 0 Å². The second-order valence-electron chi connectivity index (χ2n) is 3.89. The first-order valence-electron chi connectivity index (χ1n) is 5.52. The Balaban J connectivity index is 2.01. The van der Waals surface area contributed by atoms with E-state index >= 15 is 0 Å². The van der Waals surface area contributed by atoms with Crippen molar-refractivity contribution in [1.82, 2.24) is 10.3 Å². The number of nitro groups is 1. The molecule has 1 unspecified atom stereocenters. The van der Waals surface area contributed by atoms with E-state index in [-0.39, 0.29) is 17.5 Å². The van der Waals surface area contributed by atoms with Gasteiger partial charge in [-0.1, -0.05) is 0 Å². The minimum Gasteiger partial charge on any atom is -0.378 e. The maximum atomic E-state index is 10.9. The average Bonchev–Trinajstić information content (AvgIpc) is 2.38. The lowest BCUT2D eigenvalue weighted by Crippen LogP contribution is -2.45. The van der Waals surface area contributed by atoms with E-state index in [1.54, 1.807) is 0 Å². The van der Waals surface area contributed by atoms with Crippen LogP contribution in [0.3, 0.4) is 0 Å². The smallest absolute Gasteiger partial charge is 0.312 e. The Hall–Kier alpha value is -1.25. The molecular formula is C10H13BrN4O3. The molecule has 1 atom stereocenters. The van der Waals surface area contributed by atoms with Gasteiger partial charge in [-0.2, -0.15) is 0 Å². The highest BCUT2D eigenvalue weighted by atomic mass is 79.9. The third kappa shape index (κ3) is 3.37. The largest absolute Gasteiger partial charge is 0.378 e. The fourth-order valence-corrected chi connectivity index (χ4v) is 1.99. The van der Waals surface area contributed by atoms with E-state index in [0.29, 0.717) is 24.2 Å². The molecule has 2 rings (SSSR count). The number of hydrogen-bond donors (Lipinski definition) is 2. The number of nitrogens with zero attached hydrogens (tertiary/aromatic N) is 2. The summed E-state index contributed by atoms with van der Waals surface area (Å²) in [6.07, 6.45) is 1.53. The van der Waals surface area contributed by atoms with Crippen molar-refractivity contribution in [1.29, 1.82) is 0 Å². The van der Waals surface area contributed by atoms with Crippen LogP contribution in [0.2, 0.25) is 0 Å². The van der Waals surface area contributed by atoms with Gasteiger partial charge in [-0.15, -0.1) is 0 Å². The van der Waals surface area contributed by atoms with E-state index in [4.69, 9.17) is 4.74 Å². The lowest BCUT2D eigenvalue weighted by Gasteiger charge is -2.24. The number of pyridine rings is 1. The average molecular weight is 317 g/mol. The molecule has 0 aromatic carbocycles. The molecule has 0 bridgehead atoms. The zero-order valence-electron chi connectivity index (χ0n) is 9.56. The van der Waals surface area contributed by atoms with Crippen LogP contribution in [0.25, 0.3) is 0 Å². The quantitative estimate of drug-likeness (QED) is 0.640. The van der Waals surface area contributed by atoms with Crippen molar-refractivity contribution in [3.63, 3.8) is 0 Å². The fraction of sp³-hybridized carbons (Fsp3) is 0.500. The molecule has 0 amide bonds. The van der Waals surface area contributed by atoms with E-state index in [1.165, 1.54) is 12.3 Å². The van der Waals surface area contributed by atoms with Gasteiger partial charge >= 0.3 is 5.69 Å². The summed E-state index contributed by atoms with van der Waals surface area (Å²) in [4.78, 5) is 14.5. The van der Waals surface area contributed by atoms with Gasteiger partial charge in [-0.05, 0) is 15.9 Å². The Kier molecular flexibility index (Phi) is 4.45. The molecule has 0 radical (unpaired) electrons. The molecule has 1 saturated heterocycles. The fourth-order valence-electron chi connectivity index (χ4n) is 1.67. The molecule has 0 saturated carbocycles. The Morgan fingerprint density at radius 2 is 2.56 bits per heavy atom. The summed E-state index contributed by atoms with van der Waals surface area (Å²) in [5, 5.41) is 17.1. The molecule has 0 aliphatic carbocycles. The highest BCUT2D eigenvalue weighted by molar-refractivity contribution is 9.10. The Morgan fingerprint density at radius 1 is 1.72 bits per heavy atom. The number of halogens is 1. The van der Waals surface area contributed by atoms with Crippen LogP contribution in [-0.4, -0.2) is 42.3 Å². The van der Waals surface area contributed by atoms with Gasteiger partial charge in [0.05, 0.1) is 18.1 Å². The molecule has 8 heteroatoms. The van der Waals surface area contributed by atoms with Crippen LogP contribution < -0.4 is 10.6 Å². The van der Waals surface area contributed by atoms with Crippen LogP contribution in [0.4, 0.5) is 11.5 Å². The van der Waals surface area contributed by atoms with Gasteiger partial charge in [0.25, 0.3) is 0 Å². The van der Waals surface area contributed by atoms with Crippen LogP contribution in [0.5, 0.6) is 0 Å². The lowest BCUT2D eigenvalue weighted by molar-refractivity contribution is -0.384. The van der Waals surface area contributed by atoms with Crippen LogP contribution in [0.1, 0.15) is 0 Å². The van der Waals surface area contributed by atoms with Gasteiger partial charge in [0.15, 0.2) is 0 Å². The van der Waals surface area contributed by atoms with Gasteiger partial charge in [-0.3, -0.25) is 10.1 Å². The van der Waals surface area contributed by atoms with Gasteiger partial charge in [-0.25, -0.2) is 4.98 Å². The van der Waals surface area contributed by atoms with Crippen LogP contribution in [0.15, 0.2) is 16.7 Å². The molecule has 1 fully saturated rings. The van der Waals surface area contributed by atoms with E-state index < -0.39 is 4.92 Å². The standard InChI is InChI=1S/C10H13BrN4O3/c11-7-3-9(15(16)17)10(13-4-7)14-5-8-6-18-2-1-12-8/h3-4,8,12H,1-2,5-6H2,(H,13,14). The minimum atomic E-state index is -0.453. The number of nitrogens with one attached hydrogen (secondary N) is 2. The SMILES string of the molecule is O=[N+]([O-])c1cc(Br)cnc1NCC1COCCN1. The van der Waals surface area contributed by atoms with Crippen LogP contribution >= 0.6 is 15.9 Å². The lowest BCUT2D eigenvalue weighted by atomic mass is 10.2. The van der Waals surface area contributed by atoms with E-state index in [1.807, 2.05) is 0 Å².